The van der Waals surface area contributed by atoms with Gasteiger partial charge in [0.1, 0.15) is 0 Å². The van der Waals surface area contributed by atoms with E-state index in [0.29, 0.717) is 0 Å². The van der Waals surface area contributed by atoms with E-state index in [1.54, 1.807) is 0 Å². The minimum Gasteiger partial charge on any atom is -0.310 e. The molecule has 0 atom stereocenters. The molecule has 236 valence electrons. The molecule has 0 unspecified atom stereocenters. The van der Waals surface area contributed by atoms with E-state index in [4.69, 9.17) is 0 Å². The zero-order chi connectivity index (χ0) is 33.3. The molecule has 1 aliphatic rings. The molecule has 0 N–H and O–H groups in total. The Kier molecular flexibility index (Phi) is 6.64. The van der Waals surface area contributed by atoms with Crippen molar-refractivity contribution in [1.82, 2.24) is 4.57 Å². The number of para-hydroxylation sites is 2. The first-order chi connectivity index (χ1) is 24.0. The van der Waals surface area contributed by atoms with E-state index in [-0.39, 0.29) is 5.41 Å². The van der Waals surface area contributed by atoms with Crippen LogP contribution >= 0.6 is 0 Å². The molecule has 1 aromatic heterocycles. The lowest BCUT2D eigenvalue weighted by Crippen LogP contribution is -2.19. The number of allylic oxidation sites excluding steroid dienone is 3. The topological polar surface area (TPSA) is 8.17 Å². The summed E-state index contributed by atoms with van der Waals surface area (Å²) >= 11 is 0. The van der Waals surface area contributed by atoms with Crippen LogP contribution in [0.1, 0.15) is 38.8 Å². The molecule has 0 radical (unpaired) electrons. The average molecular weight is 631 g/mol. The zero-order valence-corrected chi connectivity index (χ0v) is 28.4. The molecule has 0 amide bonds. The Labute approximate surface area is 287 Å². The Morgan fingerprint density at radius 3 is 2.04 bits per heavy atom. The van der Waals surface area contributed by atoms with Crippen LogP contribution in [0.15, 0.2) is 169 Å². The van der Waals surface area contributed by atoms with E-state index >= 15 is 0 Å². The minimum absolute atomic E-state index is 0.0682. The minimum atomic E-state index is -0.0682. The standard InChI is InChI=1S/C47H38N2/c1-5-43(46-31(2)47(3,4)42-21-13-11-20-40(42)46)48(35-25-27-38-33(29-35)24-23-32-15-9-10-18-37(32)38)36-26-28-45-41(30-36)39-19-12-14-22-44(39)49(45)34-16-7-6-8-17-34/h5-30H,1-4H3/b43-5+. The highest BCUT2D eigenvalue weighted by Crippen LogP contribution is 2.51. The fourth-order valence-corrected chi connectivity index (χ4v) is 8.20. The van der Waals surface area contributed by atoms with Gasteiger partial charge < -0.3 is 9.47 Å². The van der Waals surface area contributed by atoms with Crippen LogP contribution in [0.4, 0.5) is 11.4 Å². The summed E-state index contributed by atoms with van der Waals surface area (Å²) in [6, 6.07) is 55.6. The van der Waals surface area contributed by atoms with Crippen molar-refractivity contribution in [3.05, 3.63) is 180 Å². The Hall–Kier alpha value is -5.86. The number of benzene rings is 7. The molecule has 7 aromatic carbocycles. The van der Waals surface area contributed by atoms with Gasteiger partial charge in [-0.2, -0.15) is 0 Å². The number of hydrogen-bond donors (Lipinski definition) is 0. The third-order valence-corrected chi connectivity index (χ3v) is 10.9. The summed E-state index contributed by atoms with van der Waals surface area (Å²) in [6.45, 7) is 9.22. The first-order valence-corrected chi connectivity index (χ1v) is 17.2. The van der Waals surface area contributed by atoms with Crippen molar-refractivity contribution in [2.75, 3.05) is 4.90 Å². The van der Waals surface area contributed by atoms with Gasteiger partial charge in [0.15, 0.2) is 0 Å². The Bertz CT molecular complexity index is 2650. The first-order valence-electron chi connectivity index (χ1n) is 17.2. The summed E-state index contributed by atoms with van der Waals surface area (Å²) in [6.07, 6.45) is 2.30. The van der Waals surface area contributed by atoms with Crippen LogP contribution < -0.4 is 4.90 Å². The average Bonchev–Trinajstić information content (AvgIpc) is 3.58. The van der Waals surface area contributed by atoms with Gasteiger partial charge in [0.25, 0.3) is 0 Å². The SMILES string of the molecule is C/C=C(\C1=C(C)C(C)(C)c2ccccc21)N(c1ccc2c(ccc3ccccc32)c1)c1ccc2c(c1)c1ccccc1n2-c1ccccc1. The highest BCUT2D eigenvalue weighted by Gasteiger charge is 2.37. The Balaban J connectivity index is 1.32. The number of anilines is 2. The summed E-state index contributed by atoms with van der Waals surface area (Å²) in [5, 5.41) is 7.54. The molecule has 49 heavy (non-hydrogen) atoms. The van der Waals surface area contributed by atoms with E-state index in [0.717, 1.165) is 11.4 Å². The molecule has 0 spiro atoms. The monoisotopic (exact) mass is 630 g/mol. The van der Waals surface area contributed by atoms with Crippen LogP contribution in [0.2, 0.25) is 0 Å². The normalized spacial score (nSPS) is 14.3. The number of nitrogens with zero attached hydrogens (tertiary/aromatic N) is 2. The van der Waals surface area contributed by atoms with Crippen molar-refractivity contribution in [2.24, 2.45) is 0 Å². The summed E-state index contributed by atoms with van der Waals surface area (Å²) in [7, 11) is 0. The van der Waals surface area contributed by atoms with Crippen molar-refractivity contribution in [2.45, 2.75) is 33.1 Å². The molecule has 0 fully saturated rings. The lowest BCUT2D eigenvalue weighted by molar-refractivity contribution is 0.639. The largest absolute Gasteiger partial charge is 0.310 e. The highest BCUT2D eigenvalue weighted by atomic mass is 15.2. The number of rotatable bonds is 5. The highest BCUT2D eigenvalue weighted by molar-refractivity contribution is 6.12. The van der Waals surface area contributed by atoms with E-state index in [1.165, 1.54) is 77.0 Å². The second-order valence-electron chi connectivity index (χ2n) is 13.8. The molecule has 2 heteroatoms. The van der Waals surface area contributed by atoms with Crippen LogP contribution in [-0.2, 0) is 5.41 Å². The van der Waals surface area contributed by atoms with E-state index in [9.17, 15) is 0 Å². The smallest absolute Gasteiger partial charge is 0.0542 e. The number of hydrogen-bond acceptors (Lipinski definition) is 1. The van der Waals surface area contributed by atoms with E-state index in [2.05, 4.69) is 195 Å². The molecule has 9 rings (SSSR count). The van der Waals surface area contributed by atoms with Gasteiger partial charge in [-0.15, -0.1) is 0 Å². The maximum atomic E-state index is 2.49. The Morgan fingerprint density at radius 2 is 1.20 bits per heavy atom. The van der Waals surface area contributed by atoms with Crippen molar-refractivity contribution in [3.8, 4) is 5.69 Å². The molecule has 1 aliphatic carbocycles. The molecule has 8 aromatic rings. The molecular formula is C47H38N2. The summed E-state index contributed by atoms with van der Waals surface area (Å²) in [4.78, 5) is 2.49. The van der Waals surface area contributed by atoms with Gasteiger partial charge in [-0.25, -0.2) is 0 Å². The fourth-order valence-electron chi connectivity index (χ4n) is 8.20. The van der Waals surface area contributed by atoms with Crippen molar-refractivity contribution in [3.63, 3.8) is 0 Å². The predicted octanol–water partition coefficient (Wildman–Crippen LogP) is 12.9. The van der Waals surface area contributed by atoms with Gasteiger partial charge in [-0.05, 0) is 95.1 Å². The molecule has 1 heterocycles. The van der Waals surface area contributed by atoms with Crippen molar-refractivity contribution in [1.29, 1.82) is 0 Å². The quantitative estimate of drug-likeness (QED) is 0.172. The second kappa shape index (κ2) is 11.1. The van der Waals surface area contributed by atoms with E-state index < -0.39 is 0 Å². The molecule has 0 saturated carbocycles. The summed E-state index contributed by atoms with van der Waals surface area (Å²) in [5.41, 5.74) is 12.4. The molecule has 0 saturated heterocycles. The third-order valence-electron chi connectivity index (χ3n) is 10.9. The van der Waals surface area contributed by atoms with Crippen molar-refractivity contribution >= 4 is 60.3 Å². The van der Waals surface area contributed by atoms with Crippen LogP contribution in [0.3, 0.4) is 0 Å². The Morgan fingerprint density at radius 1 is 0.571 bits per heavy atom. The maximum absolute atomic E-state index is 2.49. The second-order valence-corrected chi connectivity index (χ2v) is 13.8. The number of fused-ring (bicyclic) bond motifs is 7. The summed E-state index contributed by atoms with van der Waals surface area (Å²) in [5.74, 6) is 0. The molecule has 2 nitrogen and oxygen atoms in total. The maximum Gasteiger partial charge on any atom is 0.0542 e. The van der Waals surface area contributed by atoms with Gasteiger partial charge in [0.05, 0.1) is 11.0 Å². The predicted molar refractivity (Wildman–Crippen MR) is 210 cm³/mol. The van der Waals surface area contributed by atoms with Gasteiger partial charge >= 0.3 is 0 Å². The van der Waals surface area contributed by atoms with Crippen LogP contribution in [0.25, 0.3) is 54.6 Å². The van der Waals surface area contributed by atoms with Gasteiger partial charge in [0.2, 0.25) is 0 Å². The molecule has 0 bridgehead atoms. The lowest BCUT2D eigenvalue weighted by Gasteiger charge is -2.30. The fraction of sp³-hybridized carbons (Fsp3) is 0.106. The zero-order valence-electron chi connectivity index (χ0n) is 28.4. The van der Waals surface area contributed by atoms with Crippen LogP contribution in [-0.4, -0.2) is 4.57 Å². The lowest BCUT2D eigenvalue weighted by atomic mass is 9.82. The van der Waals surface area contributed by atoms with E-state index in [1.807, 2.05) is 0 Å². The van der Waals surface area contributed by atoms with Crippen molar-refractivity contribution < 1.29 is 0 Å². The van der Waals surface area contributed by atoms with Crippen LogP contribution in [0.5, 0.6) is 0 Å². The number of aromatic nitrogens is 1. The van der Waals surface area contributed by atoms with Gasteiger partial charge in [-0.3, -0.25) is 0 Å². The molecule has 0 aliphatic heterocycles. The first kappa shape index (κ1) is 29.3. The summed E-state index contributed by atoms with van der Waals surface area (Å²) < 4.78 is 2.39. The molecular weight excluding hydrogens is 593 g/mol. The van der Waals surface area contributed by atoms with Gasteiger partial charge in [0, 0.05) is 44.5 Å². The third kappa shape index (κ3) is 4.41. The van der Waals surface area contributed by atoms with Gasteiger partial charge in [-0.1, -0.05) is 129 Å². The van der Waals surface area contributed by atoms with Crippen LogP contribution in [0, 0.1) is 0 Å².